The Bertz CT molecular complexity index is 1170. The monoisotopic (exact) mass is 491 g/mol. The molecule has 7 heteroatoms. The minimum absolute atomic E-state index is 0.0338. The van der Waals surface area contributed by atoms with Gasteiger partial charge in [-0.2, -0.15) is 0 Å². The molecule has 1 aromatic heterocycles. The SMILES string of the molecule is CCCCOc1ccc(C(=O)N(CCC)CC(=O)N2CCn3cccc3C2c2cccc(F)c2)cc1. The molecule has 0 aliphatic carbocycles. The van der Waals surface area contributed by atoms with E-state index in [1.54, 1.807) is 40.1 Å². The minimum Gasteiger partial charge on any atom is -0.494 e. The molecule has 0 spiro atoms. The summed E-state index contributed by atoms with van der Waals surface area (Å²) >= 11 is 0. The lowest BCUT2D eigenvalue weighted by atomic mass is 9.99. The fourth-order valence-electron chi connectivity index (χ4n) is 4.67. The van der Waals surface area contributed by atoms with Gasteiger partial charge in [-0.3, -0.25) is 9.59 Å². The van der Waals surface area contributed by atoms with E-state index in [-0.39, 0.29) is 24.2 Å². The molecule has 0 saturated heterocycles. The van der Waals surface area contributed by atoms with E-state index in [0.29, 0.717) is 31.8 Å². The number of ether oxygens (including phenoxy) is 1. The van der Waals surface area contributed by atoms with Crippen LogP contribution in [0.2, 0.25) is 0 Å². The summed E-state index contributed by atoms with van der Waals surface area (Å²) in [5.74, 6) is 0.0480. The average molecular weight is 492 g/mol. The fourth-order valence-corrected chi connectivity index (χ4v) is 4.67. The highest BCUT2D eigenvalue weighted by Crippen LogP contribution is 2.33. The van der Waals surface area contributed by atoms with Gasteiger partial charge in [-0.1, -0.05) is 32.4 Å². The van der Waals surface area contributed by atoms with Crippen molar-refractivity contribution in [3.05, 3.63) is 89.5 Å². The minimum atomic E-state index is -0.407. The maximum Gasteiger partial charge on any atom is 0.254 e. The number of carbonyl (C=O) groups excluding carboxylic acids is 2. The predicted molar refractivity (Wildman–Crippen MR) is 137 cm³/mol. The summed E-state index contributed by atoms with van der Waals surface area (Å²) in [6, 6.07) is 17.0. The van der Waals surface area contributed by atoms with E-state index < -0.39 is 6.04 Å². The lowest BCUT2D eigenvalue weighted by molar-refractivity contribution is -0.134. The molecule has 0 N–H and O–H groups in total. The van der Waals surface area contributed by atoms with E-state index in [1.165, 1.54) is 12.1 Å². The number of hydrogen-bond donors (Lipinski definition) is 0. The second-order valence-corrected chi connectivity index (χ2v) is 9.12. The van der Waals surface area contributed by atoms with Crippen molar-refractivity contribution >= 4 is 11.8 Å². The summed E-state index contributed by atoms with van der Waals surface area (Å²) in [5.41, 5.74) is 2.18. The molecule has 2 aromatic carbocycles. The molecule has 2 heterocycles. The molecule has 4 rings (SSSR count). The maximum atomic E-state index is 14.1. The maximum absolute atomic E-state index is 14.1. The molecule has 1 aliphatic heterocycles. The van der Waals surface area contributed by atoms with Crippen molar-refractivity contribution < 1.29 is 18.7 Å². The van der Waals surface area contributed by atoms with Gasteiger partial charge in [-0.15, -0.1) is 0 Å². The molecule has 0 bridgehead atoms. The van der Waals surface area contributed by atoms with Crippen LogP contribution >= 0.6 is 0 Å². The average Bonchev–Trinajstić information content (AvgIpc) is 3.37. The molecule has 190 valence electrons. The van der Waals surface area contributed by atoms with Crippen LogP contribution in [0.3, 0.4) is 0 Å². The number of rotatable bonds is 10. The van der Waals surface area contributed by atoms with Gasteiger partial charge in [-0.25, -0.2) is 4.39 Å². The predicted octanol–water partition coefficient (Wildman–Crippen LogP) is 5.29. The van der Waals surface area contributed by atoms with Crippen LogP contribution in [-0.2, 0) is 11.3 Å². The molecular weight excluding hydrogens is 457 g/mol. The second kappa shape index (κ2) is 11.9. The molecule has 0 radical (unpaired) electrons. The molecule has 1 atom stereocenters. The highest BCUT2D eigenvalue weighted by molar-refractivity contribution is 5.96. The van der Waals surface area contributed by atoms with Crippen LogP contribution in [0.1, 0.15) is 60.8 Å². The van der Waals surface area contributed by atoms with Crippen molar-refractivity contribution in [3.63, 3.8) is 0 Å². The van der Waals surface area contributed by atoms with Gasteiger partial charge in [0.1, 0.15) is 18.1 Å². The standard InChI is InChI=1S/C29H34FN3O3/c1-3-5-19-36-25-13-11-22(12-14-25)29(35)32(15-4-2)21-27(34)33-18-17-31-16-7-10-26(31)28(33)23-8-6-9-24(30)20-23/h6-14,16,20,28H,3-5,15,17-19,21H2,1-2H3. The topological polar surface area (TPSA) is 54.8 Å². The largest absolute Gasteiger partial charge is 0.494 e. The van der Waals surface area contributed by atoms with Gasteiger partial charge in [-0.05, 0) is 66.9 Å². The van der Waals surface area contributed by atoms with Gasteiger partial charge >= 0.3 is 0 Å². The van der Waals surface area contributed by atoms with Crippen LogP contribution < -0.4 is 4.74 Å². The number of halogens is 1. The number of fused-ring (bicyclic) bond motifs is 1. The number of hydrogen-bond acceptors (Lipinski definition) is 3. The molecule has 1 aliphatic rings. The zero-order valence-corrected chi connectivity index (χ0v) is 21.0. The van der Waals surface area contributed by atoms with Crippen molar-refractivity contribution in [1.82, 2.24) is 14.4 Å². The van der Waals surface area contributed by atoms with E-state index in [0.717, 1.165) is 36.3 Å². The Morgan fingerprint density at radius 1 is 1.03 bits per heavy atom. The van der Waals surface area contributed by atoms with Gasteiger partial charge in [0.15, 0.2) is 0 Å². The highest BCUT2D eigenvalue weighted by Gasteiger charge is 2.33. The first-order valence-corrected chi connectivity index (χ1v) is 12.7. The number of carbonyl (C=O) groups is 2. The van der Waals surface area contributed by atoms with Crippen molar-refractivity contribution in [2.24, 2.45) is 0 Å². The van der Waals surface area contributed by atoms with Gasteiger partial charge in [0.05, 0.1) is 12.6 Å². The second-order valence-electron chi connectivity index (χ2n) is 9.12. The van der Waals surface area contributed by atoms with Crippen molar-refractivity contribution in [2.75, 3.05) is 26.2 Å². The van der Waals surface area contributed by atoms with Crippen molar-refractivity contribution in [2.45, 2.75) is 45.7 Å². The van der Waals surface area contributed by atoms with E-state index in [9.17, 15) is 14.0 Å². The Morgan fingerprint density at radius 3 is 2.56 bits per heavy atom. The molecule has 0 saturated carbocycles. The summed E-state index contributed by atoms with van der Waals surface area (Å²) in [7, 11) is 0. The molecule has 1 unspecified atom stereocenters. The van der Waals surface area contributed by atoms with Gasteiger partial charge in [0.25, 0.3) is 5.91 Å². The van der Waals surface area contributed by atoms with Gasteiger partial charge < -0.3 is 19.1 Å². The van der Waals surface area contributed by atoms with Crippen LogP contribution in [0.4, 0.5) is 4.39 Å². The molecule has 2 amide bonds. The molecule has 36 heavy (non-hydrogen) atoms. The third kappa shape index (κ3) is 5.78. The zero-order chi connectivity index (χ0) is 25.5. The van der Waals surface area contributed by atoms with E-state index >= 15 is 0 Å². The first-order valence-electron chi connectivity index (χ1n) is 12.7. The van der Waals surface area contributed by atoms with Gasteiger partial charge in [0.2, 0.25) is 5.91 Å². The Balaban J connectivity index is 1.52. The third-order valence-corrected chi connectivity index (χ3v) is 6.50. The zero-order valence-electron chi connectivity index (χ0n) is 21.0. The lowest BCUT2D eigenvalue weighted by Crippen LogP contribution is -2.48. The number of unbranched alkanes of at least 4 members (excludes halogenated alkanes) is 1. The molecular formula is C29H34FN3O3. The molecule has 6 nitrogen and oxygen atoms in total. The first-order chi connectivity index (χ1) is 17.5. The molecule has 0 fully saturated rings. The Morgan fingerprint density at radius 2 is 1.83 bits per heavy atom. The van der Waals surface area contributed by atoms with Crippen molar-refractivity contribution in [3.8, 4) is 5.75 Å². The van der Waals surface area contributed by atoms with Crippen LogP contribution in [0.15, 0.2) is 66.9 Å². The first kappa shape index (κ1) is 25.5. The Hall–Kier alpha value is -3.61. The fraction of sp³-hybridized carbons (Fsp3) is 0.379. The van der Waals surface area contributed by atoms with Crippen molar-refractivity contribution in [1.29, 1.82) is 0 Å². The summed E-state index contributed by atoms with van der Waals surface area (Å²) in [6.45, 7) is 6.31. The highest BCUT2D eigenvalue weighted by atomic mass is 19.1. The van der Waals surface area contributed by atoms with E-state index in [4.69, 9.17) is 4.74 Å². The quantitative estimate of drug-likeness (QED) is 0.362. The lowest BCUT2D eigenvalue weighted by Gasteiger charge is -2.38. The normalized spacial score (nSPS) is 14.9. The summed E-state index contributed by atoms with van der Waals surface area (Å²) in [5, 5.41) is 0. The Kier molecular flexibility index (Phi) is 8.41. The number of aromatic nitrogens is 1. The third-order valence-electron chi connectivity index (χ3n) is 6.50. The van der Waals surface area contributed by atoms with Crippen LogP contribution in [-0.4, -0.2) is 52.4 Å². The Labute approximate surface area is 212 Å². The van der Waals surface area contributed by atoms with E-state index in [1.807, 2.05) is 31.3 Å². The van der Waals surface area contributed by atoms with E-state index in [2.05, 4.69) is 11.5 Å². The van der Waals surface area contributed by atoms with Gasteiger partial charge in [0, 0.05) is 37.1 Å². The smallest absolute Gasteiger partial charge is 0.254 e. The summed E-state index contributed by atoms with van der Waals surface area (Å²) in [6.07, 6.45) is 4.74. The molecule has 3 aromatic rings. The number of benzene rings is 2. The summed E-state index contributed by atoms with van der Waals surface area (Å²) < 4.78 is 21.9. The number of nitrogens with zero attached hydrogens (tertiary/aromatic N) is 3. The van der Waals surface area contributed by atoms with Crippen LogP contribution in [0.5, 0.6) is 5.75 Å². The number of amides is 2. The van der Waals surface area contributed by atoms with Crippen LogP contribution in [0.25, 0.3) is 0 Å². The summed E-state index contributed by atoms with van der Waals surface area (Å²) in [4.78, 5) is 30.3. The van der Waals surface area contributed by atoms with Crippen LogP contribution in [0, 0.1) is 5.82 Å².